The second-order valence-electron chi connectivity index (χ2n) is 6.95. The summed E-state index contributed by atoms with van der Waals surface area (Å²) in [6.07, 6.45) is 0.628. The summed E-state index contributed by atoms with van der Waals surface area (Å²) in [6, 6.07) is 21.9. The van der Waals surface area contributed by atoms with E-state index >= 15 is 0 Å². The Hall–Kier alpha value is -3.80. The fraction of sp³-hybridized carbons (Fsp3) is 0.167. The first kappa shape index (κ1) is 19.5. The molecule has 0 fully saturated rings. The zero-order valence-electron chi connectivity index (χ0n) is 16.2. The van der Waals surface area contributed by atoms with Gasteiger partial charge in [-0.25, -0.2) is 0 Å². The predicted molar refractivity (Wildman–Crippen MR) is 109 cm³/mol. The van der Waals surface area contributed by atoms with Crippen LogP contribution < -0.4 is 19.9 Å². The van der Waals surface area contributed by atoms with E-state index in [1.807, 2.05) is 48.5 Å². The molecule has 0 spiro atoms. The average molecular weight is 402 g/mol. The number of carboxylic acid groups (broad SMARTS) is 1. The van der Waals surface area contributed by atoms with Crippen LogP contribution in [0.3, 0.4) is 0 Å². The molecule has 0 aliphatic carbocycles. The van der Waals surface area contributed by atoms with Gasteiger partial charge in [0.2, 0.25) is 6.79 Å². The van der Waals surface area contributed by atoms with Crippen molar-refractivity contribution in [3.63, 3.8) is 0 Å². The average Bonchev–Trinajstić information content (AvgIpc) is 3.25. The first-order chi connectivity index (χ1) is 14.6. The van der Waals surface area contributed by atoms with Crippen LogP contribution in [0, 0.1) is 0 Å². The largest absolute Gasteiger partial charge is 0.545 e. The second-order valence-corrected chi connectivity index (χ2v) is 6.95. The summed E-state index contributed by atoms with van der Waals surface area (Å²) in [5.41, 5.74) is 2.14. The van der Waals surface area contributed by atoms with Crippen LogP contribution >= 0.6 is 0 Å². The van der Waals surface area contributed by atoms with Crippen molar-refractivity contribution in [2.45, 2.75) is 12.3 Å². The van der Waals surface area contributed by atoms with E-state index in [0.29, 0.717) is 18.7 Å². The quantitative estimate of drug-likeness (QED) is 0.657. The van der Waals surface area contributed by atoms with E-state index in [1.54, 1.807) is 12.1 Å². The summed E-state index contributed by atoms with van der Waals surface area (Å²) in [7, 11) is 0. The Balaban J connectivity index is 1.51. The number of rotatable bonds is 7. The van der Waals surface area contributed by atoms with Gasteiger partial charge >= 0.3 is 0 Å². The molecule has 0 radical (unpaired) electrons. The number of ether oxygens (including phenoxy) is 2. The topological polar surface area (TPSA) is 87.7 Å². The van der Waals surface area contributed by atoms with Crippen molar-refractivity contribution in [3.8, 4) is 11.5 Å². The fourth-order valence-corrected chi connectivity index (χ4v) is 3.63. The molecule has 1 aliphatic rings. The smallest absolute Gasteiger partial charge is 0.251 e. The molecule has 0 aromatic heterocycles. The third-order valence-electron chi connectivity index (χ3n) is 5.11. The third kappa shape index (κ3) is 4.12. The zero-order valence-corrected chi connectivity index (χ0v) is 16.2. The molecule has 4 rings (SSSR count). The van der Waals surface area contributed by atoms with Gasteiger partial charge in [-0.1, -0.05) is 54.6 Å². The van der Waals surface area contributed by atoms with E-state index in [4.69, 9.17) is 9.47 Å². The van der Waals surface area contributed by atoms with Crippen molar-refractivity contribution in [3.05, 3.63) is 95.1 Å². The molecule has 1 atom stereocenters. The number of nitrogens with one attached hydrogen (secondary N) is 1. The Labute approximate surface area is 174 Å². The van der Waals surface area contributed by atoms with E-state index in [0.717, 1.165) is 16.9 Å². The van der Waals surface area contributed by atoms with E-state index in [-0.39, 0.29) is 23.8 Å². The van der Waals surface area contributed by atoms with E-state index in [2.05, 4.69) is 5.32 Å². The van der Waals surface area contributed by atoms with Gasteiger partial charge in [-0.2, -0.15) is 0 Å². The summed E-state index contributed by atoms with van der Waals surface area (Å²) < 4.78 is 10.9. The first-order valence-electron chi connectivity index (χ1n) is 9.66. The van der Waals surface area contributed by atoms with Gasteiger partial charge in [-0.3, -0.25) is 4.79 Å². The van der Waals surface area contributed by atoms with Crippen molar-refractivity contribution < 1.29 is 24.2 Å². The van der Waals surface area contributed by atoms with Crippen molar-refractivity contribution in [2.24, 2.45) is 0 Å². The molecule has 3 aromatic carbocycles. The zero-order chi connectivity index (χ0) is 20.9. The Morgan fingerprint density at radius 2 is 1.57 bits per heavy atom. The summed E-state index contributed by atoms with van der Waals surface area (Å²) >= 11 is 0. The van der Waals surface area contributed by atoms with Crippen LogP contribution in [0.15, 0.2) is 72.8 Å². The van der Waals surface area contributed by atoms with Gasteiger partial charge in [-0.15, -0.1) is 0 Å². The summed E-state index contributed by atoms with van der Waals surface area (Å²) in [5.74, 6) is -0.356. The molecule has 3 aromatic rings. The molecule has 152 valence electrons. The van der Waals surface area contributed by atoms with Gasteiger partial charge in [-0.05, 0) is 35.7 Å². The van der Waals surface area contributed by atoms with Crippen LogP contribution in [0.1, 0.15) is 44.2 Å². The lowest BCUT2D eigenvalue weighted by molar-refractivity contribution is -0.255. The van der Waals surface area contributed by atoms with E-state index in [9.17, 15) is 14.7 Å². The molecule has 1 amide bonds. The number of carbonyl (C=O) groups excluding carboxylic acids is 2. The molecule has 1 heterocycles. The van der Waals surface area contributed by atoms with Crippen LogP contribution in [-0.2, 0) is 0 Å². The normalized spacial score (nSPS) is 12.9. The van der Waals surface area contributed by atoms with Gasteiger partial charge in [0.05, 0.1) is 5.97 Å². The van der Waals surface area contributed by atoms with Crippen molar-refractivity contribution in [1.29, 1.82) is 0 Å². The Morgan fingerprint density at radius 1 is 0.867 bits per heavy atom. The fourth-order valence-electron chi connectivity index (χ4n) is 3.63. The number of amides is 1. The lowest BCUT2D eigenvalue weighted by Gasteiger charge is -2.19. The summed E-state index contributed by atoms with van der Waals surface area (Å²) in [4.78, 5) is 23.8. The lowest BCUT2D eigenvalue weighted by atomic mass is 9.88. The van der Waals surface area contributed by atoms with Crippen LogP contribution in [0.4, 0.5) is 0 Å². The summed E-state index contributed by atoms with van der Waals surface area (Å²) in [6.45, 7) is 0.580. The maximum absolute atomic E-state index is 12.5. The van der Waals surface area contributed by atoms with Crippen LogP contribution in [0.25, 0.3) is 0 Å². The van der Waals surface area contributed by atoms with Crippen molar-refractivity contribution >= 4 is 11.9 Å². The SMILES string of the molecule is O=C([O-])c1ccccc1C(=O)NCC[C@@H](c1ccccc1)c1ccc2c(c1)OCO2. The van der Waals surface area contributed by atoms with Gasteiger partial charge in [0.25, 0.3) is 5.91 Å². The molecule has 1 aliphatic heterocycles. The van der Waals surface area contributed by atoms with Crippen LogP contribution in [-0.4, -0.2) is 25.2 Å². The summed E-state index contributed by atoms with van der Waals surface area (Å²) in [5, 5.41) is 14.1. The Kier molecular flexibility index (Phi) is 5.66. The minimum atomic E-state index is -1.37. The minimum Gasteiger partial charge on any atom is -0.545 e. The number of benzene rings is 3. The third-order valence-corrected chi connectivity index (χ3v) is 5.11. The maximum Gasteiger partial charge on any atom is 0.251 e. The molecule has 30 heavy (non-hydrogen) atoms. The minimum absolute atomic E-state index is 0.0254. The molecule has 1 N–H and O–H groups in total. The molecule has 0 saturated heterocycles. The molecular formula is C24H20NO5-. The Bertz CT molecular complexity index is 1060. The lowest BCUT2D eigenvalue weighted by Crippen LogP contribution is -2.30. The highest BCUT2D eigenvalue weighted by Crippen LogP contribution is 2.37. The van der Waals surface area contributed by atoms with Crippen LogP contribution in [0.2, 0.25) is 0 Å². The number of hydrogen-bond donors (Lipinski definition) is 1. The molecule has 6 nitrogen and oxygen atoms in total. The molecule has 0 saturated carbocycles. The predicted octanol–water partition coefficient (Wildman–Crippen LogP) is 2.73. The van der Waals surface area contributed by atoms with Gasteiger partial charge in [0.15, 0.2) is 11.5 Å². The highest BCUT2D eigenvalue weighted by molar-refractivity contribution is 6.04. The van der Waals surface area contributed by atoms with Gasteiger partial charge < -0.3 is 24.7 Å². The standard InChI is InChI=1S/C24H21NO5/c26-23(19-8-4-5-9-20(19)24(27)28)25-13-12-18(16-6-2-1-3-7-16)17-10-11-21-22(14-17)30-15-29-21/h1-11,14,18H,12-13,15H2,(H,25,26)(H,27,28)/p-1/t18-/m0/s1. The molecule has 6 heteroatoms. The Morgan fingerprint density at radius 3 is 2.33 bits per heavy atom. The maximum atomic E-state index is 12.5. The van der Waals surface area contributed by atoms with Gasteiger partial charge in [0, 0.05) is 23.6 Å². The number of carboxylic acids is 1. The van der Waals surface area contributed by atoms with Crippen molar-refractivity contribution in [2.75, 3.05) is 13.3 Å². The second kappa shape index (κ2) is 8.69. The number of hydrogen-bond acceptors (Lipinski definition) is 5. The van der Waals surface area contributed by atoms with Gasteiger partial charge in [0.1, 0.15) is 0 Å². The first-order valence-corrected chi connectivity index (χ1v) is 9.66. The number of fused-ring (bicyclic) bond motifs is 1. The highest BCUT2D eigenvalue weighted by atomic mass is 16.7. The molecule has 0 unspecified atom stereocenters. The van der Waals surface area contributed by atoms with E-state index in [1.165, 1.54) is 12.1 Å². The monoisotopic (exact) mass is 402 g/mol. The number of aromatic carboxylic acids is 1. The van der Waals surface area contributed by atoms with Crippen molar-refractivity contribution in [1.82, 2.24) is 5.32 Å². The highest BCUT2D eigenvalue weighted by Gasteiger charge is 2.20. The molecule has 0 bridgehead atoms. The molecular weight excluding hydrogens is 382 g/mol. The number of carbonyl (C=O) groups is 2. The van der Waals surface area contributed by atoms with Crippen LogP contribution in [0.5, 0.6) is 11.5 Å². The van der Waals surface area contributed by atoms with E-state index < -0.39 is 11.9 Å².